The standard InChI is InChI=1S/C16H25N3O6/c1-15(2,3)24-12(20)9-19-10(13(21)23-7)8-11(18-19)17-14(22)25-16(4,5)6/h8H,9H2,1-7H3,(H,17,18,22). The van der Waals surface area contributed by atoms with Crippen molar-refractivity contribution in [1.82, 2.24) is 9.78 Å². The van der Waals surface area contributed by atoms with E-state index in [0.29, 0.717) is 0 Å². The Morgan fingerprint density at radius 3 is 2.12 bits per heavy atom. The van der Waals surface area contributed by atoms with Crippen LogP contribution in [0.4, 0.5) is 10.6 Å². The van der Waals surface area contributed by atoms with Crippen LogP contribution in [0.1, 0.15) is 52.0 Å². The molecule has 0 aliphatic carbocycles. The third-order valence-corrected chi connectivity index (χ3v) is 2.50. The second-order valence-electron chi connectivity index (χ2n) is 7.28. The van der Waals surface area contributed by atoms with Crippen LogP contribution in [0.15, 0.2) is 6.07 Å². The average molecular weight is 355 g/mol. The lowest BCUT2D eigenvalue weighted by molar-refractivity contribution is -0.155. The fourth-order valence-corrected chi connectivity index (χ4v) is 1.77. The van der Waals surface area contributed by atoms with Gasteiger partial charge in [-0.3, -0.25) is 10.1 Å². The van der Waals surface area contributed by atoms with E-state index in [1.54, 1.807) is 41.5 Å². The first-order valence-electron chi connectivity index (χ1n) is 7.69. The molecule has 0 fully saturated rings. The monoisotopic (exact) mass is 355 g/mol. The van der Waals surface area contributed by atoms with Gasteiger partial charge in [-0.1, -0.05) is 0 Å². The summed E-state index contributed by atoms with van der Waals surface area (Å²) in [5.74, 6) is -1.23. The molecule has 1 aromatic heterocycles. The summed E-state index contributed by atoms with van der Waals surface area (Å²) in [6.07, 6.45) is -0.731. The number of ether oxygens (including phenoxy) is 3. The molecule has 1 heterocycles. The molecule has 0 saturated carbocycles. The third-order valence-electron chi connectivity index (χ3n) is 2.50. The Morgan fingerprint density at radius 1 is 1.08 bits per heavy atom. The molecule has 0 aliphatic rings. The molecule has 1 amide bonds. The Kier molecular flexibility index (Phi) is 6.17. The van der Waals surface area contributed by atoms with Gasteiger partial charge in [0, 0.05) is 6.07 Å². The Morgan fingerprint density at radius 2 is 1.64 bits per heavy atom. The van der Waals surface area contributed by atoms with Crippen LogP contribution in [0.3, 0.4) is 0 Å². The number of esters is 2. The number of amides is 1. The molecule has 140 valence electrons. The van der Waals surface area contributed by atoms with Gasteiger partial charge in [0.05, 0.1) is 7.11 Å². The van der Waals surface area contributed by atoms with E-state index in [4.69, 9.17) is 9.47 Å². The maximum absolute atomic E-state index is 12.0. The van der Waals surface area contributed by atoms with Crippen molar-refractivity contribution in [2.45, 2.75) is 59.3 Å². The number of aromatic nitrogens is 2. The van der Waals surface area contributed by atoms with Gasteiger partial charge in [0.1, 0.15) is 23.4 Å². The molecule has 0 bridgehead atoms. The summed E-state index contributed by atoms with van der Waals surface area (Å²) in [5.41, 5.74) is -1.36. The van der Waals surface area contributed by atoms with Gasteiger partial charge in [0.15, 0.2) is 5.82 Å². The summed E-state index contributed by atoms with van der Waals surface area (Å²) in [5, 5.41) is 6.43. The molecule has 0 unspecified atom stereocenters. The first-order valence-corrected chi connectivity index (χ1v) is 7.69. The van der Waals surface area contributed by atoms with E-state index in [1.165, 1.54) is 13.2 Å². The first-order chi connectivity index (χ1) is 11.3. The van der Waals surface area contributed by atoms with Gasteiger partial charge in [-0.25, -0.2) is 14.3 Å². The Hall–Kier alpha value is -2.58. The van der Waals surface area contributed by atoms with Gasteiger partial charge in [-0.2, -0.15) is 5.10 Å². The fraction of sp³-hybridized carbons (Fsp3) is 0.625. The van der Waals surface area contributed by atoms with E-state index in [1.807, 2.05) is 0 Å². The van der Waals surface area contributed by atoms with Crippen molar-refractivity contribution in [1.29, 1.82) is 0 Å². The highest BCUT2D eigenvalue weighted by molar-refractivity contribution is 5.91. The molecular weight excluding hydrogens is 330 g/mol. The number of nitrogens with zero attached hydrogens (tertiary/aromatic N) is 2. The van der Waals surface area contributed by atoms with Gasteiger partial charge in [0.2, 0.25) is 0 Å². The lowest BCUT2D eigenvalue weighted by Gasteiger charge is -2.19. The summed E-state index contributed by atoms with van der Waals surface area (Å²) in [6.45, 7) is 10.0. The van der Waals surface area contributed by atoms with Crippen molar-refractivity contribution in [3.05, 3.63) is 11.8 Å². The van der Waals surface area contributed by atoms with Gasteiger partial charge in [0.25, 0.3) is 0 Å². The molecule has 9 nitrogen and oxygen atoms in total. The molecule has 1 N–H and O–H groups in total. The number of carbonyl (C=O) groups excluding carboxylic acids is 3. The van der Waals surface area contributed by atoms with Crippen LogP contribution < -0.4 is 5.32 Å². The van der Waals surface area contributed by atoms with E-state index in [2.05, 4.69) is 15.2 Å². The molecule has 0 atom stereocenters. The van der Waals surface area contributed by atoms with Crippen LogP contribution in [0.5, 0.6) is 0 Å². The Labute approximate surface area is 146 Å². The second-order valence-corrected chi connectivity index (χ2v) is 7.28. The SMILES string of the molecule is COC(=O)c1cc(NC(=O)OC(C)(C)C)nn1CC(=O)OC(C)(C)C. The van der Waals surface area contributed by atoms with Crippen molar-refractivity contribution < 1.29 is 28.6 Å². The number of nitrogens with one attached hydrogen (secondary N) is 1. The number of anilines is 1. The van der Waals surface area contributed by atoms with E-state index >= 15 is 0 Å². The predicted octanol–water partition coefficient (Wildman–Crippen LogP) is 2.36. The van der Waals surface area contributed by atoms with Crippen LogP contribution in [0, 0.1) is 0 Å². The van der Waals surface area contributed by atoms with Gasteiger partial charge in [-0.05, 0) is 41.5 Å². The van der Waals surface area contributed by atoms with Crippen molar-refractivity contribution >= 4 is 23.8 Å². The molecule has 9 heteroatoms. The van der Waals surface area contributed by atoms with E-state index in [9.17, 15) is 14.4 Å². The first kappa shape index (κ1) is 20.5. The third kappa shape index (κ3) is 7.23. The number of rotatable bonds is 4. The van der Waals surface area contributed by atoms with Crippen LogP contribution >= 0.6 is 0 Å². The van der Waals surface area contributed by atoms with Gasteiger partial charge in [-0.15, -0.1) is 0 Å². The molecule has 0 spiro atoms. The van der Waals surface area contributed by atoms with E-state index in [0.717, 1.165) is 4.68 Å². The van der Waals surface area contributed by atoms with E-state index in [-0.39, 0.29) is 18.1 Å². The number of methoxy groups -OCH3 is 1. The molecular formula is C16H25N3O6. The zero-order valence-electron chi connectivity index (χ0n) is 15.6. The Balaban J connectivity index is 2.96. The fourth-order valence-electron chi connectivity index (χ4n) is 1.77. The topological polar surface area (TPSA) is 109 Å². The Bertz CT molecular complexity index is 652. The predicted molar refractivity (Wildman–Crippen MR) is 89.3 cm³/mol. The minimum atomic E-state index is -0.731. The molecule has 1 aromatic rings. The summed E-state index contributed by atoms with van der Waals surface area (Å²) in [6, 6.07) is 1.29. The highest BCUT2D eigenvalue weighted by atomic mass is 16.6. The summed E-state index contributed by atoms with van der Waals surface area (Å²) in [7, 11) is 1.20. The van der Waals surface area contributed by atoms with Crippen LogP contribution in [-0.2, 0) is 25.5 Å². The molecule has 1 rings (SSSR count). The summed E-state index contributed by atoms with van der Waals surface area (Å²) < 4.78 is 16.1. The normalized spacial score (nSPS) is 11.6. The zero-order chi connectivity index (χ0) is 19.4. The number of hydrogen-bond acceptors (Lipinski definition) is 7. The maximum Gasteiger partial charge on any atom is 0.413 e. The minimum absolute atomic E-state index is 0.000539. The van der Waals surface area contributed by atoms with Gasteiger partial charge >= 0.3 is 18.0 Å². The smallest absolute Gasteiger partial charge is 0.413 e. The van der Waals surface area contributed by atoms with Crippen LogP contribution in [0.2, 0.25) is 0 Å². The molecule has 0 aliphatic heterocycles. The maximum atomic E-state index is 12.0. The molecule has 25 heavy (non-hydrogen) atoms. The molecule has 0 saturated heterocycles. The lowest BCUT2D eigenvalue weighted by Crippen LogP contribution is -2.28. The van der Waals surface area contributed by atoms with Crippen LogP contribution in [-0.4, -0.2) is 46.1 Å². The molecule has 0 aromatic carbocycles. The highest BCUT2D eigenvalue weighted by Crippen LogP contribution is 2.15. The quantitative estimate of drug-likeness (QED) is 0.652. The number of hydrogen-bond donors (Lipinski definition) is 1. The summed E-state index contributed by atoms with van der Waals surface area (Å²) >= 11 is 0. The highest BCUT2D eigenvalue weighted by Gasteiger charge is 2.23. The van der Waals surface area contributed by atoms with Crippen molar-refractivity contribution in [3.8, 4) is 0 Å². The van der Waals surface area contributed by atoms with Gasteiger partial charge < -0.3 is 14.2 Å². The lowest BCUT2D eigenvalue weighted by atomic mass is 10.2. The largest absolute Gasteiger partial charge is 0.464 e. The molecule has 0 radical (unpaired) electrons. The minimum Gasteiger partial charge on any atom is -0.464 e. The summed E-state index contributed by atoms with van der Waals surface area (Å²) in [4.78, 5) is 35.6. The van der Waals surface area contributed by atoms with E-state index < -0.39 is 29.2 Å². The van der Waals surface area contributed by atoms with Crippen LogP contribution in [0.25, 0.3) is 0 Å². The average Bonchev–Trinajstić information content (AvgIpc) is 2.75. The van der Waals surface area contributed by atoms with Crippen molar-refractivity contribution in [2.75, 3.05) is 12.4 Å². The number of carbonyl (C=O) groups is 3. The second kappa shape index (κ2) is 7.54. The van der Waals surface area contributed by atoms with Crippen molar-refractivity contribution in [2.24, 2.45) is 0 Å². The van der Waals surface area contributed by atoms with Crippen molar-refractivity contribution in [3.63, 3.8) is 0 Å². The zero-order valence-corrected chi connectivity index (χ0v) is 15.6.